The average Bonchev–Trinajstić information content (AvgIpc) is 3.18. The Morgan fingerprint density at radius 3 is 2.79 bits per heavy atom. The predicted molar refractivity (Wildman–Crippen MR) is 110 cm³/mol. The lowest BCUT2D eigenvalue weighted by Crippen LogP contribution is -2.30. The molecule has 3 heterocycles. The summed E-state index contributed by atoms with van der Waals surface area (Å²) in [5.74, 6) is 1.26. The van der Waals surface area contributed by atoms with Crippen LogP contribution in [0.5, 0.6) is 0 Å². The molecule has 3 aromatic rings. The number of nitrogen functional groups attached to an aromatic ring is 1. The van der Waals surface area contributed by atoms with Crippen molar-refractivity contribution in [1.29, 1.82) is 0 Å². The highest BCUT2D eigenvalue weighted by Crippen LogP contribution is 2.32. The largest absolute Gasteiger partial charge is 0.383 e. The highest BCUT2D eigenvalue weighted by molar-refractivity contribution is 5.85. The Morgan fingerprint density at radius 2 is 1.96 bits per heavy atom. The maximum atomic E-state index is 12.8. The number of carbonyl (C=O) groups is 1. The Morgan fingerprint density at radius 1 is 1.14 bits per heavy atom. The third kappa shape index (κ3) is 3.81. The number of benzene rings is 1. The molecule has 1 saturated heterocycles. The molecule has 0 bridgehead atoms. The quantitative estimate of drug-likeness (QED) is 0.736. The number of amides is 1. The van der Waals surface area contributed by atoms with Crippen LogP contribution in [0.25, 0.3) is 11.0 Å². The van der Waals surface area contributed by atoms with Gasteiger partial charge in [-0.3, -0.25) is 4.79 Å². The number of likely N-dealkylation sites (tertiary alicyclic amines) is 1. The summed E-state index contributed by atoms with van der Waals surface area (Å²) < 4.78 is 0. The molecule has 0 saturated carbocycles. The summed E-state index contributed by atoms with van der Waals surface area (Å²) in [7, 11) is 0. The molecule has 4 rings (SSSR count). The number of fused-ring (bicyclic) bond motifs is 1. The SMILES string of the molecule is Cc1nc(N)c2ccc([C@H]3CCCN3C(=O)CCCc3ccccc3)nc2n1. The first-order chi connectivity index (χ1) is 13.6. The van der Waals surface area contributed by atoms with Gasteiger partial charge >= 0.3 is 0 Å². The number of aromatic nitrogens is 3. The Bertz CT molecular complexity index is 989. The van der Waals surface area contributed by atoms with Crippen molar-refractivity contribution in [2.24, 2.45) is 0 Å². The topological polar surface area (TPSA) is 85.0 Å². The molecule has 1 atom stereocenters. The molecule has 1 fully saturated rings. The monoisotopic (exact) mass is 375 g/mol. The van der Waals surface area contributed by atoms with Gasteiger partial charge in [-0.15, -0.1) is 0 Å². The molecule has 0 unspecified atom stereocenters. The van der Waals surface area contributed by atoms with Crippen LogP contribution in [0.3, 0.4) is 0 Å². The molecule has 0 aliphatic carbocycles. The van der Waals surface area contributed by atoms with E-state index < -0.39 is 0 Å². The van der Waals surface area contributed by atoms with Crippen LogP contribution in [0.4, 0.5) is 5.82 Å². The summed E-state index contributed by atoms with van der Waals surface area (Å²) in [6.45, 7) is 2.60. The average molecular weight is 375 g/mol. The van der Waals surface area contributed by atoms with E-state index in [2.05, 4.69) is 22.1 Å². The van der Waals surface area contributed by atoms with E-state index in [9.17, 15) is 4.79 Å². The van der Waals surface area contributed by atoms with Crippen molar-refractivity contribution in [3.05, 3.63) is 59.5 Å². The molecule has 1 aliphatic rings. The summed E-state index contributed by atoms with van der Waals surface area (Å²) in [6.07, 6.45) is 4.28. The summed E-state index contributed by atoms with van der Waals surface area (Å²) in [6, 6.07) is 14.2. The van der Waals surface area contributed by atoms with Gasteiger partial charge in [0.05, 0.1) is 17.1 Å². The van der Waals surface area contributed by atoms with Crippen molar-refractivity contribution in [3.8, 4) is 0 Å². The minimum absolute atomic E-state index is 0.0186. The Kier molecular flexibility index (Phi) is 5.19. The van der Waals surface area contributed by atoms with Crippen LogP contribution < -0.4 is 5.73 Å². The molecular formula is C22H25N5O. The van der Waals surface area contributed by atoms with Crippen LogP contribution in [0.1, 0.15) is 48.8 Å². The van der Waals surface area contributed by atoms with Gasteiger partial charge in [0, 0.05) is 13.0 Å². The Balaban J connectivity index is 1.47. The first kappa shape index (κ1) is 18.3. The van der Waals surface area contributed by atoms with Crippen LogP contribution in [0.15, 0.2) is 42.5 Å². The molecular weight excluding hydrogens is 350 g/mol. The minimum Gasteiger partial charge on any atom is -0.383 e. The van der Waals surface area contributed by atoms with Gasteiger partial charge in [0.25, 0.3) is 0 Å². The van der Waals surface area contributed by atoms with E-state index in [0.717, 1.165) is 43.3 Å². The van der Waals surface area contributed by atoms with E-state index in [1.165, 1.54) is 5.56 Å². The van der Waals surface area contributed by atoms with Crippen molar-refractivity contribution in [2.45, 2.75) is 45.1 Å². The van der Waals surface area contributed by atoms with E-state index in [-0.39, 0.29) is 11.9 Å². The maximum Gasteiger partial charge on any atom is 0.223 e. The van der Waals surface area contributed by atoms with Gasteiger partial charge in [0.15, 0.2) is 5.65 Å². The van der Waals surface area contributed by atoms with Gasteiger partial charge in [-0.2, -0.15) is 0 Å². The summed E-state index contributed by atoms with van der Waals surface area (Å²) >= 11 is 0. The molecule has 1 aliphatic heterocycles. The van der Waals surface area contributed by atoms with Crippen LogP contribution in [-0.2, 0) is 11.2 Å². The van der Waals surface area contributed by atoms with Crippen LogP contribution in [0.2, 0.25) is 0 Å². The third-order valence-electron chi connectivity index (χ3n) is 5.34. The van der Waals surface area contributed by atoms with Gasteiger partial charge in [-0.25, -0.2) is 15.0 Å². The van der Waals surface area contributed by atoms with Gasteiger partial charge in [-0.05, 0) is 50.3 Å². The molecule has 2 aromatic heterocycles. The van der Waals surface area contributed by atoms with Crippen molar-refractivity contribution in [2.75, 3.05) is 12.3 Å². The van der Waals surface area contributed by atoms with Crippen molar-refractivity contribution < 1.29 is 4.79 Å². The summed E-state index contributed by atoms with van der Waals surface area (Å²) in [5.41, 5.74) is 8.75. The lowest BCUT2D eigenvalue weighted by molar-refractivity contribution is -0.132. The second-order valence-electron chi connectivity index (χ2n) is 7.35. The number of nitrogens with two attached hydrogens (primary N) is 1. The Hall–Kier alpha value is -3.02. The van der Waals surface area contributed by atoms with E-state index in [0.29, 0.717) is 23.7 Å². The fraction of sp³-hybridized carbons (Fsp3) is 0.364. The van der Waals surface area contributed by atoms with Crippen molar-refractivity contribution in [3.63, 3.8) is 0 Å². The minimum atomic E-state index is 0.0186. The van der Waals surface area contributed by atoms with Crippen LogP contribution in [-0.4, -0.2) is 32.3 Å². The molecule has 6 nitrogen and oxygen atoms in total. The number of nitrogens with zero attached hydrogens (tertiary/aromatic N) is 4. The van der Waals surface area contributed by atoms with E-state index in [1.807, 2.05) is 42.2 Å². The maximum absolute atomic E-state index is 12.8. The number of anilines is 1. The lowest BCUT2D eigenvalue weighted by Gasteiger charge is -2.24. The second kappa shape index (κ2) is 7.92. The van der Waals surface area contributed by atoms with Crippen LogP contribution in [0, 0.1) is 6.92 Å². The highest BCUT2D eigenvalue weighted by atomic mass is 16.2. The van der Waals surface area contributed by atoms with Gasteiger partial charge in [0.1, 0.15) is 11.6 Å². The predicted octanol–water partition coefficient (Wildman–Crippen LogP) is 3.60. The van der Waals surface area contributed by atoms with Gasteiger partial charge in [-0.1, -0.05) is 30.3 Å². The van der Waals surface area contributed by atoms with Gasteiger partial charge in [0.2, 0.25) is 5.91 Å². The second-order valence-corrected chi connectivity index (χ2v) is 7.35. The standard InChI is InChI=1S/C22H25N5O/c1-15-24-21(23)17-12-13-18(26-22(17)25-15)19-10-6-14-27(19)20(28)11-5-9-16-7-3-2-4-8-16/h2-4,7-8,12-13,19H,5-6,9-11,14H2,1H3,(H2,23,24,25,26)/t19-/m1/s1. The first-order valence-electron chi connectivity index (χ1n) is 9.86. The van der Waals surface area contributed by atoms with E-state index in [4.69, 9.17) is 10.7 Å². The number of hydrogen-bond acceptors (Lipinski definition) is 5. The normalized spacial score (nSPS) is 16.6. The molecule has 144 valence electrons. The number of aryl methyl sites for hydroxylation is 2. The zero-order valence-electron chi connectivity index (χ0n) is 16.1. The molecule has 0 spiro atoms. The molecule has 1 aromatic carbocycles. The van der Waals surface area contributed by atoms with Crippen LogP contribution >= 0.6 is 0 Å². The zero-order valence-corrected chi connectivity index (χ0v) is 16.1. The zero-order chi connectivity index (χ0) is 19.5. The smallest absolute Gasteiger partial charge is 0.223 e. The molecule has 1 amide bonds. The number of rotatable bonds is 5. The van der Waals surface area contributed by atoms with Crippen molar-refractivity contribution >= 4 is 22.8 Å². The summed E-state index contributed by atoms with van der Waals surface area (Å²) in [4.78, 5) is 28.1. The highest BCUT2D eigenvalue weighted by Gasteiger charge is 2.30. The number of pyridine rings is 1. The Labute approximate surface area is 164 Å². The van der Waals surface area contributed by atoms with E-state index >= 15 is 0 Å². The molecule has 6 heteroatoms. The molecule has 0 radical (unpaired) electrons. The van der Waals surface area contributed by atoms with E-state index in [1.54, 1.807) is 0 Å². The van der Waals surface area contributed by atoms with Crippen molar-refractivity contribution in [1.82, 2.24) is 19.9 Å². The fourth-order valence-corrected chi connectivity index (χ4v) is 3.95. The fourth-order valence-electron chi connectivity index (χ4n) is 3.95. The molecule has 2 N–H and O–H groups in total. The molecule has 28 heavy (non-hydrogen) atoms. The first-order valence-corrected chi connectivity index (χ1v) is 9.86. The lowest BCUT2D eigenvalue weighted by atomic mass is 10.1. The third-order valence-corrected chi connectivity index (χ3v) is 5.34. The number of carbonyl (C=O) groups excluding carboxylic acids is 1. The number of hydrogen-bond donors (Lipinski definition) is 1. The van der Waals surface area contributed by atoms with Gasteiger partial charge < -0.3 is 10.6 Å². The summed E-state index contributed by atoms with van der Waals surface area (Å²) in [5, 5.41) is 0.757.